The van der Waals surface area contributed by atoms with E-state index >= 15 is 0 Å². The number of benzene rings is 7. The Labute approximate surface area is 278 Å². The van der Waals surface area contributed by atoms with Gasteiger partial charge in [-0.25, -0.2) is 0 Å². The summed E-state index contributed by atoms with van der Waals surface area (Å²) >= 11 is 0. The third-order valence-corrected chi connectivity index (χ3v) is 11.0. The average molecular weight is 614 g/mol. The van der Waals surface area contributed by atoms with Crippen molar-refractivity contribution in [2.75, 3.05) is 4.90 Å². The van der Waals surface area contributed by atoms with Crippen LogP contribution in [0.2, 0.25) is 0 Å². The molecule has 1 aliphatic carbocycles. The van der Waals surface area contributed by atoms with Crippen LogP contribution < -0.4 is 4.90 Å². The summed E-state index contributed by atoms with van der Waals surface area (Å²) in [7, 11) is 0. The molecule has 3 heteroatoms. The second-order valence-corrected chi connectivity index (χ2v) is 13.8. The fourth-order valence-electron chi connectivity index (χ4n) is 8.94. The highest BCUT2D eigenvalue weighted by molar-refractivity contribution is 6.28. The van der Waals surface area contributed by atoms with Crippen molar-refractivity contribution >= 4 is 60.7 Å². The Balaban J connectivity index is 1.29. The monoisotopic (exact) mass is 613 g/mol. The zero-order valence-corrected chi connectivity index (χ0v) is 26.8. The number of hydrogen-bond acceptors (Lipinski definition) is 1. The minimum Gasteiger partial charge on any atom is -0.309 e. The van der Waals surface area contributed by atoms with Crippen LogP contribution in [0.3, 0.4) is 0 Å². The Morgan fingerprint density at radius 3 is 2.02 bits per heavy atom. The summed E-state index contributed by atoms with van der Waals surface area (Å²) in [6, 6.07) is 56.0. The summed E-state index contributed by atoms with van der Waals surface area (Å²) < 4.78 is 5.03. The van der Waals surface area contributed by atoms with Gasteiger partial charge in [0.25, 0.3) is 0 Å². The molecule has 0 bridgehead atoms. The molecule has 0 N–H and O–H groups in total. The van der Waals surface area contributed by atoms with E-state index in [0.717, 1.165) is 5.69 Å². The number of para-hydroxylation sites is 5. The average Bonchev–Trinajstić information content (AvgIpc) is 3.73. The van der Waals surface area contributed by atoms with Gasteiger partial charge in [-0.2, -0.15) is 0 Å². The first kappa shape index (κ1) is 26.1. The van der Waals surface area contributed by atoms with Crippen LogP contribution in [-0.2, 0) is 5.41 Å². The quantitative estimate of drug-likeness (QED) is 0.189. The van der Waals surface area contributed by atoms with Gasteiger partial charge >= 0.3 is 0 Å². The Hall–Kier alpha value is -6.06. The predicted octanol–water partition coefficient (Wildman–Crippen LogP) is 12.0. The molecule has 9 aromatic rings. The lowest BCUT2D eigenvalue weighted by molar-refractivity contribution is 0.660. The maximum atomic E-state index is 2.53. The third-order valence-electron chi connectivity index (χ3n) is 11.0. The maximum absolute atomic E-state index is 2.53. The fraction of sp³-hybridized carbons (Fsp3) is 0.0667. The summed E-state index contributed by atoms with van der Waals surface area (Å²) in [6.45, 7) is 4.73. The van der Waals surface area contributed by atoms with Gasteiger partial charge in [0.2, 0.25) is 0 Å². The maximum Gasteiger partial charge on any atom is 0.0784 e. The highest BCUT2D eigenvalue weighted by Gasteiger charge is 2.36. The van der Waals surface area contributed by atoms with Crippen molar-refractivity contribution in [3.63, 3.8) is 0 Å². The van der Waals surface area contributed by atoms with Crippen LogP contribution in [0.25, 0.3) is 66.1 Å². The van der Waals surface area contributed by atoms with Gasteiger partial charge in [0.1, 0.15) is 0 Å². The lowest BCUT2D eigenvalue weighted by Gasteiger charge is -2.33. The molecule has 1 aliphatic heterocycles. The summed E-state index contributed by atoms with van der Waals surface area (Å²) in [6.07, 6.45) is 0. The summed E-state index contributed by atoms with van der Waals surface area (Å²) in [4.78, 5) is 2.42. The van der Waals surface area contributed by atoms with Crippen LogP contribution in [0.5, 0.6) is 0 Å². The van der Waals surface area contributed by atoms with Crippen LogP contribution in [0.15, 0.2) is 152 Å². The smallest absolute Gasteiger partial charge is 0.0784 e. The molecule has 226 valence electrons. The van der Waals surface area contributed by atoms with Gasteiger partial charge in [-0.3, -0.25) is 0 Å². The van der Waals surface area contributed by atoms with Crippen LogP contribution in [-0.4, -0.2) is 9.13 Å². The lowest BCUT2D eigenvalue weighted by atomic mass is 9.82. The third kappa shape index (κ3) is 3.14. The molecule has 11 rings (SSSR count). The molecule has 3 nitrogen and oxygen atoms in total. The second kappa shape index (κ2) is 9.05. The first-order valence-corrected chi connectivity index (χ1v) is 16.8. The molecule has 0 unspecified atom stereocenters. The van der Waals surface area contributed by atoms with Crippen molar-refractivity contribution in [2.24, 2.45) is 0 Å². The summed E-state index contributed by atoms with van der Waals surface area (Å²) in [5, 5.41) is 5.10. The van der Waals surface area contributed by atoms with Crippen molar-refractivity contribution in [2.45, 2.75) is 19.3 Å². The van der Waals surface area contributed by atoms with E-state index in [4.69, 9.17) is 0 Å². The molecule has 7 aromatic carbocycles. The van der Waals surface area contributed by atoms with Gasteiger partial charge in [0, 0.05) is 38.3 Å². The van der Waals surface area contributed by atoms with E-state index < -0.39 is 0 Å². The molecule has 0 amide bonds. The van der Waals surface area contributed by atoms with Crippen LogP contribution in [0.1, 0.15) is 25.0 Å². The molecule has 2 aromatic heterocycles. The molecule has 0 fully saturated rings. The summed E-state index contributed by atoms with van der Waals surface area (Å²) in [5.41, 5.74) is 16.3. The Kier molecular flexibility index (Phi) is 4.91. The standard InChI is InChI=1S/C45H31N3/c1-45(2)35-18-8-6-15-30(35)31-24-23-29(27-36(31)45)47-37-19-9-7-16-32(37)33-25-26-40-42(44(33)47)34-17-12-22-41-43(34)48(40)39-21-11-10-20-38(39)46(41)28-13-4-3-5-14-28/h3-27H,1-2H3. The van der Waals surface area contributed by atoms with Crippen LogP contribution in [0, 0.1) is 0 Å². The molecule has 0 saturated heterocycles. The van der Waals surface area contributed by atoms with E-state index in [1.165, 1.54) is 88.6 Å². The molecule has 0 spiro atoms. The molecule has 48 heavy (non-hydrogen) atoms. The molecule has 3 heterocycles. The highest BCUT2D eigenvalue weighted by atomic mass is 15.2. The zero-order valence-electron chi connectivity index (χ0n) is 26.8. The van der Waals surface area contributed by atoms with Crippen LogP contribution >= 0.6 is 0 Å². The largest absolute Gasteiger partial charge is 0.309 e. The minimum absolute atomic E-state index is 0.0791. The zero-order chi connectivity index (χ0) is 31.7. The highest BCUT2D eigenvalue weighted by Crippen LogP contribution is 2.52. The molecule has 0 saturated carbocycles. The van der Waals surface area contributed by atoms with Crippen molar-refractivity contribution in [1.82, 2.24) is 9.13 Å². The normalized spacial score (nSPS) is 14.2. The van der Waals surface area contributed by atoms with Crippen molar-refractivity contribution in [3.8, 4) is 22.5 Å². The SMILES string of the molecule is CC1(C)c2ccccc2-c2ccc(-n3c4ccccc4c4ccc5c(c6cccc7c6n5-c5ccccc5N7c5ccccc5)c43)cc21. The van der Waals surface area contributed by atoms with E-state index in [1.54, 1.807) is 0 Å². The van der Waals surface area contributed by atoms with Gasteiger partial charge in [-0.1, -0.05) is 111 Å². The van der Waals surface area contributed by atoms with Crippen molar-refractivity contribution in [3.05, 3.63) is 163 Å². The van der Waals surface area contributed by atoms with E-state index in [1.807, 2.05) is 0 Å². The van der Waals surface area contributed by atoms with Gasteiger partial charge < -0.3 is 14.0 Å². The fourth-order valence-corrected chi connectivity index (χ4v) is 8.94. The lowest BCUT2D eigenvalue weighted by Crippen LogP contribution is -2.17. The van der Waals surface area contributed by atoms with E-state index in [9.17, 15) is 0 Å². The Morgan fingerprint density at radius 1 is 0.417 bits per heavy atom. The van der Waals surface area contributed by atoms with E-state index in [-0.39, 0.29) is 5.41 Å². The number of anilines is 3. The molecular weight excluding hydrogens is 583 g/mol. The topological polar surface area (TPSA) is 13.1 Å². The number of rotatable bonds is 2. The van der Waals surface area contributed by atoms with Gasteiger partial charge in [-0.15, -0.1) is 0 Å². The van der Waals surface area contributed by atoms with Gasteiger partial charge in [0.15, 0.2) is 0 Å². The van der Waals surface area contributed by atoms with E-state index in [2.05, 4.69) is 180 Å². The Bertz CT molecular complexity index is 2810. The first-order valence-electron chi connectivity index (χ1n) is 16.8. The van der Waals surface area contributed by atoms with E-state index in [0.29, 0.717) is 0 Å². The molecule has 0 radical (unpaired) electrons. The minimum atomic E-state index is -0.0791. The van der Waals surface area contributed by atoms with Crippen molar-refractivity contribution < 1.29 is 0 Å². The second-order valence-electron chi connectivity index (χ2n) is 13.8. The van der Waals surface area contributed by atoms with Crippen molar-refractivity contribution in [1.29, 1.82) is 0 Å². The number of fused-ring (bicyclic) bond motifs is 12. The number of aromatic nitrogens is 2. The van der Waals surface area contributed by atoms with Gasteiger partial charge in [-0.05, 0) is 76.9 Å². The predicted molar refractivity (Wildman–Crippen MR) is 201 cm³/mol. The molecular formula is C45H31N3. The molecule has 0 atom stereocenters. The molecule has 2 aliphatic rings. The number of hydrogen-bond donors (Lipinski definition) is 0. The van der Waals surface area contributed by atoms with Crippen LogP contribution in [0.4, 0.5) is 17.1 Å². The first-order chi connectivity index (χ1) is 23.6. The van der Waals surface area contributed by atoms with Gasteiger partial charge in [0.05, 0.1) is 39.1 Å². The summed E-state index contributed by atoms with van der Waals surface area (Å²) in [5.74, 6) is 0. The Morgan fingerprint density at radius 2 is 1.12 bits per heavy atom. The number of nitrogens with zero attached hydrogens (tertiary/aromatic N) is 3.